The van der Waals surface area contributed by atoms with Crippen molar-refractivity contribution in [2.75, 3.05) is 6.54 Å². The van der Waals surface area contributed by atoms with Crippen molar-refractivity contribution in [3.63, 3.8) is 0 Å². The van der Waals surface area contributed by atoms with Crippen LogP contribution in [0.25, 0.3) is 0 Å². The molecule has 0 atom stereocenters. The maximum absolute atomic E-state index is 11.1. The second-order valence-corrected chi connectivity index (χ2v) is 3.02. The number of fused-ring (bicyclic) bond motifs is 1. The molecule has 0 saturated carbocycles. The zero-order chi connectivity index (χ0) is 9.26. The number of hydrogen-bond donors (Lipinski definition) is 1. The number of carbonyl (C=O) groups is 1. The molecule has 0 aliphatic carbocycles. The van der Waals surface area contributed by atoms with Crippen LogP contribution in [0.3, 0.4) is 0 Å². The molecule has 0 spiro atoms. The predicted molar refractivity (Wildman–Crippen MR) is 51.1 cm³/mol. The minimum atomic E-state index is -0.354. The maximum atomic E-state index is 11.1. The zero-order valence-corrected chi connectivity index (χ0v) is 7.16. The topological polar surface area (TPSA) is 55.5 Å². The SMILES string of the molecule is NC(=O)c1cccc2c1CCN=C2. The molecule has 0 radical (unpaired) electrons. The molecule has 13 heavy (non-hydrogen) atoms. The third kappa shape index (κ3) is 1.33. The van der Waals surface area contributed by atoms with Gasteiger partial charge < -0.3 is 5.73 Å². The van der Waals surface area contributed by atoms with Crippen molar-refractivity contribution < 1.29 is 4.79 Å². The van der Waals surface area contributed by atoms with Crippen molar-refractivity contribution in [3.05, 3.63) is 34.9 Å². The van der Waals surface area contributed by atoms with Crippen molar-refractivity contribution in [1.29, 1.82) is 0 Å². The normalized spacial score (nSPS) is 13.8. The van der Waals surface area contributed by atoms with Gasteiger partial charge in [-0.25, -0.2) is 0 Å². The summed E-state index contributed by atoms with van der Waals surface area (Å²) in [5, 5.41) is 0. The van der Waals surface area contributed by atoms with Crippen LogP contribution >= 0.6 is 0 Å². The first-order chi connectivity index (χ1) is 6.29. The van der Waals surface area contributed by atoms with Gasteiger partial charge in [-0.1, -0.05) is 12.1 Å². The summed E-state index contributed by atoms with van der Waals surface area (Å²) in [6.07, 6.45) is 2.61. The summed E-state index contributed by atoms with van der Waals surface area (Å²) in [5.74, 6) is -0.354. The number of nitrogens with two attached hydrogens (primary N) is 1. The fourth-order valence-electron chi connectivity index (χ4n) is 1.57. The van der Waals surface area contributed by atoms with Crippen molar-refractivity contribution in [1.82, 2.24) is 0 Å². The number of aliphatic imine (C=N–C) groups is 1. The highest BCUT2D eigenvalue weighted by molar-refractivity contribution is 5.97. The molecule has 0 aromatic heterocycles. The minimum Gasteiger partial charge on any atom is -0.366 e. The van der Waals surface area contributed by atoms with Crippen molar-refractivity contribution in [3.8, 4) is 0 Å². The number of hydrogen-bond acceptors (Lipinski definition) is 2. The van der Waals surface area contributed by atoms with Gasteiger partial charge in [-0.05, 0) is 23.6 Å². The first-order valence-electron chi connectivity index (χ1n) is 4.20. The fourth-order valence-corrected chi connectivity index (χ4v) is 1.57. The lowest BCUT2D eigenvalue weighted by molar-refractivity contribution is 0.0999. The highest BCUT2D eigenvalue weighted by Crippen LogP contribution is 2.16. The molecule has 66 valence electrons. The first-order valence-corrected chi connectivity index (χ1v) is 4.20. The Kier molecular flexibility index (Phi) is 1.85. The van der Waals surface area contributed by atoms with Crippen LogP contribution in [0.5, 0.6) is 0 Å². The van der Waals surface area contributed by atoms with E-state index in [0.29, 0.717) is 5.56 Å². The smallest absolute Gasteiger partial charge is 0.248 e. The van der Waals surface area contributed by atoms with Gasteiger partial charge in [0.1, 0.15) is 0 Å². The van der Waals surface area contributed by atoms with E-state index in [0.717, 1.165) is 24.1 Å². The summed E-state index contributed by atoms with van der Waals surface area (Å²) in [5.41, 5.74) is 7.93. The van der Waals surface area contributed by atoms with E-state index in [4.69, 9.17) is 5.73 Å². The molecule has 2 rings (SSSR count). The number of nitrogens with zero attached hydrogens (tertiary/aromatic N) is 1. The maximum Gasteiger partial charge on any atom is 0.248 e. The molecule has 0 unspecified atom stereocenters. The highest BCUT2D eigenvalue weighted by atomic mass is 16.1. The summed E-state index contributed by atoms with van der Waals surface area (Å²) in [6.45, 7) is 0.747. The zero-order valence-electron chi connectivity index (χ0n) is 7.16. The van der Waals surface area contributed by atoms with Gasteiger partial charge in [-0.3, -0.25) is 9.79 Å². The van der Waals surface area contributed by atoms with Crippen molar-refractivity contribution >= 4 is 12.1 Å². The Labute approximate surface area is 76.3 Å². The van der Waals surface area contributed by atoms with Gasteiger partial charge in [-0.2, -0.15) is 0 Å². The molecule has 0 bridgehead atoms. The third-order valence-electron chi connectivity index (χ3n) is 2.20. The van der Waals surface area contributed by atoms with E-state index >= 15 is 0 Å². The van der Waals surface area contributed by atoms with Crippen LogP contribution in [0.2, 0.25) is 0 Å². The van der Waals surface area contributed by atoms with Gasteiger partial charge in [0.25, 0.3) is 0 Å². The van der Waals surface area contributed by atoms with Gasteiger partial charge in [0.2, 0.25) is 5.91 Å². The summed E-state index contributed by atoms with van der Waals surface area (Å²) in [7, 11) is 0. The minimum absolute atomic E-state index is 0.354. The van der Waals surface area contributed by atoms with Gasteiger partial charge in [-0.15, -0.1) is 0 Å². The second kappa shape index (κ2) is 3.01. The first kappa shape index (κ1) is 7.98. The Bertz CT molecular complexity index is 383. The van der Waals surface area contributed by atoms with E-state index in [1.54, 1.807) is 12.3 Å². The quantitative estimate of drug-likeness (QED) is 0.671. The number of rotatable bonds is 1. The van der Waals surface area contributed by atoms with E-state index < -0.39 is 0 Å². The van der Waals surface area contributed by atoms with Crippen LogP contribution in [0.4, 0.5) is 0 Å². The van der Waals surface area contributed by atoms with Crippen LogP contribution in [-0.2, 0) is 6.42 Å². The summed E-state index contributed by atoms with van der Waals surface area (Å²) in [4.78, 5) is 15.2. The number of benzene rings is 1. The molecule has 3 nitrogen and oxygen atoms in total. The molecular weight excluding hydrogens is 164 g/mol. The molecule has 3 heteroatoms. The Morgan fingerprint density at radius 2 is 2.31 bits per heavy atom. The second-order valence-electron chi connectivity index (χ2n) is 3.02. The Balaban J connectivity index is 2.59. The molecule has 1 aromatic carbocycles. The monoisotopic (exact) mass is 174 g/mol. The average molecular weight is 174 g/mol. The van der Waals surface area contributed by atoms with Crippen LogP contribution in [-0.4, -0.2) is 18.7 Å². The molecule has 1 aromatic rings. The Morgan fingerprint density at radius 3 is 3.08 bits per heavy atom. The highest BCUT2D eigenvalue weighted by Gasteiger charge is 2.12. The van der Waals surface area contributed by atoms with E-state index in [-0.39, 0.29) is 5.91 Å². The standard InChI is InChI=1S/C10H10N2O/c11-10(13)9-3-1-2-7-6-12-5-4-8(7)9/h1-3,6H,4-5H2,(H2,11,13). The Morgan fingerprint density at radius 1 is 1.46 bits per heavy atom. The average Bonchev–Trinajstić information content (AvgIpc) is 2.17. The van der Waals surface area contributed by atoms with E-state index in [9.17, 15) is 4.79 Å². The largest absolute Gasteiger partial charge is 0.366 e. The fraction of sp³-hybridized carbons (Fsp3) is 0.200. The molecule has 1 aliphatic heterocycles. The van der Waals surface area contributed by atoms with Crippen LogP contribution in [0, 0.1) is 0 Å². The summed E-state index contributed by atoms with van der Waals surface area (Å²) in [6, 6.07) is 5.54. The number of primary amides is 1. The Hall–Kier alpha value is -1.64. The third-order valence-corrected chi connectivity index (χ3v) is 2.20. The van der Waals surface area contributed by atoms with Crippen molar-refractivity contribution in [2.24, 2.45) is 10.7 Å². The molecular formula is C10H10N2O. The van der Waals surface area contributed by atoms with Crippen LogP contribution in [0.1, 0.15) is 21.5 Å². The summed E-state index contributed by atoms with van der Waals surface area (Å²) >= 11 is 0. The lowest BCUT2D eigenvalue weighted by Crippen LogP contribution is -2.17. The molecule has 0 fully saturated rings. The molecule has 2 N–H and O–H groups in total. The van der Waals surface area contributed by atoms with Gasteiger partial charge in [0.15, 0.2) is 0 Å². The lowest BCUT2D eigenvalue weighted by Gasteiger charge is -2.12. The lowest BCUT2D eigenvalue weighted by atomic mass is 9.97. The predicted octanol–water partition coefficient (Wildman–Crippen LogP) is 0.761. The van der Waals surface area contributed by atoms with Crippen LogP contribution < -0.4 is 5.73 Å². The molecule has 1 amide bonds. The van der Waals surface area contributed by atoms with Gasteiger partial charge in [0, 0.05) is 18.3 Å². The molecule has 0 saturated heterocycles. The van der Waals surface area contributed by atoms with E-state index in [1.807, 2.05) is 12.1 Å². The van der Waals surface area contributed by atoms with Crippen molar-refractivity contribution in [2.45, 2.75) is 6.42 Å². The van der Waals surface area contributed by atoms with Gasteiger partial charge in [0.05, 0.1) is 0 Å². The van der Waals surface area contributed by atoms with E-state index in [2.05, 4.69) is 4.99 Å². The molecule has 1 heterocycles. The van der Waals surface area contributed by atoms with Gasteiger partial charge >= 0.3 is 0 Å². The molecule has 1 aliphatic rings. The van der Waals surface area contributed by atoms with E-state index in [1.165, 1.54) is 0 Å². The van der Waals surface area contributed by atoms with Crippen LogP contribution in [0.15, 0.2) is 23.2 Å². The number of carbonyl (C=O) groups excluding carboxylic acids is 1. The summed E-state index contributed by atoms with van der Waals surface area (Å²) < 4.78 is 0. The number of amides is 1.